The summed E-state index contributed by atoms with van der Waals surface area (Å²) in [5.74, 6) is 1.32. The van der Waals surface area contributed by atoms with Crippen LogP contribution in [0.2, 0.25) is 0 Å². The maximum absolute atomic E-state index is 12.9. The summed E-state index contributed by atoms with van der Waals surface area (Å²) in [4.78, 5) is 19.3. The summed E-state index contributed by atoms with van der Waals surface area (Å²) >= 11 is 0. The van der Waals surface area contributed by atoms with Gasteiger partial charge in [0.15, 0.2) is 0 Å². The lowest BCUT2D eigenvalue weighted by Crippen LogP contribution is -2.40. The lowest BCUT2D eigenvalue weighted by molar-refractivity contribution is -0.133. The van der Waals surface area contributed by atoms with Crippen molar-refractivity contribution in [1.82, 2.24) is 15.0 Å². The van der Waals surface area contributed by atoms with E-state index in [0.29, 0.717) is 31.1 Å². The van der Waals surface area contributed by atoms with Gasteiger partial charge in [0.25, 0.3) is 0 Å². The van der Waals surface area contributed by atoms with Gasteiger partial charge < -0.3 is 9.42 Å². The van der Waals surface area contributed by atoms with Gasteiger partial charge in [0.05, 0.1) is 0 Å². The van der Waals surface area contributed by atoms with Gasteiger partial charge in [0.1, 0.15) is 0 Å². The summed E-state index contributed by atoms with van der Waals surface area (Å²) in [5, 5.41) is 4.09. The normalized spacial score (nSPS) is 12.0. The molecule has 1 heterocycles. The highest BCUT2D eigenvalue weighted by Gasteiger charge is 2.20. The van der Waals surface area contributed by atoms with E-state index in [2.05, 4.69) is 36.1 Å². The lowest BCUT2D eigenvalue weighted by atomic mass is 10.1. The van der Waals surface area contributed by atoms with Crippen LogP contribution in [0.3, 0.4) is 0 Å². The van der Waals surface area contributed by atoms with Gasteiger partial charge in [-0.2, -0.15) is 4.98 Å². The van der Waals surface area contributed by atoms with Crippen molar-refractivity contribution >= 4 is 5.91 Å². The molecule has 1 aromatic heterocycles. The Morgan fingerprint density at radius 1 is 1.07 bits per heavy atom. The van der Waals surface area contributed by atoms with Crippen molar-refractivity contribution in [1.29, 1.82) is 0 Å². The monoisotopic (exact) mass is 391 g/mol. The minimum absolute atomic E-state index is 0.168. The molecule has 0 fully saturated rings. The van der Waals surface area contributed by atoms with E-state index in [9.17, 15) is 4.79 Å². The average molecular weight is 392 g/mol. The zero-order valence-electron chi connectivity index (χ0n) is 17.5. The zero-order chi connectivity index (χ0) is 20.6. The van der Waals surface area contributed by atoms with Crippen molar-refractivity contribution in [2.45, 2.75) is 52.5 Å². The topological polar surface area (TPSA) is 59.2 Å². The number of carbonyl (C=O) groups excluding carboxylic acids is 1. The summed E-state index contributed by atoms with van der Waals surface area (Å²) in [6.07, 6.45) is 2.73. The van der Waals surface area contributed by atoms with Crippen LogP contribution < -0.4 is 0 Å². The van der Waals surface area contributed by atoms with E-state index < -0.39 is 0 Å². The Balaban J connectivity index is 1.60. The maximum atomic E-state index is 12.9. The van der Waals surface area contributed by atoms with Crippen molar-refractivity contribution in [3.8, 4) is 11.4 Å². The second kappa shape index (κ2) is 10.0. The maximum Gasteiger partial charge on any atom is 0.228 e. The van der Waals surface area contributed by atoms with Crippen LogP contribution in [0.15, 0.2) is 59.1 Å². The number of hydrogen-bond acceptors (Lipinski definition) is 4. The fraction of sp³-hybridized carbons (Fsp3) is 0.375. The molecule has 0 saturated carbocycles. The molecule has 29 heavy (non-hydrogen) atoms. The quantitative estimate of drug-likeness (QED) is 0.523. The van der Waals surface area contributed by atoms with E-state index >= 15 is 0 Å². The summed E-state index contributed by atoms with van der Waals surface area (Å²) in [7, 11) is 0. The highest BCUT2D eigenvalue weighted by Crippen LogP contribution is 2.17. The Morgan fingerprint density at radius 2 is 1.79 bits per heavy atom. The van der Waals surface area contributed by atoms with E-state index in [1.807, 2.05) is 54.3 Å². The van der Waals surface area contributed by atoms with E-state index in [1.165, 1.54) is 11.1 Å². The van der Waals surface area contributed by atoms with Gasteiger partial charge in [-0.25, -0.2) is 0 Å². The molecule has 152 valence electrons. The molecule has 0 aliphatic carbocycles. The smallest absolute Gasteiger partial charge is 0.228 e. The zero-order valence-corrected chi connectivity index (χ0v) is 17.5. The molecular weight excluding hydrogens is 362 g/mol. The van der Waals surface area contributed by atoms with E-state index in [0.717, 1.165) is 18.4 Å². The molecule has 0 N–H and O–H groups in total. The molecule has 0 radical (unpaired) electrons. The van der Waals surface area contributed by atoms with Crippen LogP contribution in [0, 0.1) is 6.92 Å². The van der Waals surface area contributed by atoms with Crippen LogP contribution in [0.1, 0.15) is 43.7 Å². The van der Waals surface area contributed by atoms with Gasteiger partial charge in [-0.1, -0.05) is 72.2 Å². The summed E-state index contributed by atoms with van der Waals surface area (Å²) in [6.45, 7) is 6.82. The number of aromatic nitrogens is 2. The first-order valence-corrected chi connectivity index (χ1v) is 10.3. The van der Waals surface area contributed by atoms with Crippen molar-refractivity contribution in [3.05, 3.63) is 71.6 Å². The number of hydrogen-bond donors (Lipinski definition) is 0. The summed E-state index contributed by atoms with van der Waals surface area (Å²) in [5.41, 5.74) is 3.31. The predicted molar refractivity (Wildman–Crippen MR) is 114 cm³/mol. The van der Waals surface area contributed by atoms with E-state index in [-0.39, 0.29) is 11.9 Å². The molecule has 1 amide bonds. The van der Waals surface area contributed by atoms with Gasteiger partial charge >= 0.3 is 0 Å². The van der Waals surface area contributed by atoms with Gasteiger partial charge in [0.2, 0.25) is 17.6 Å². The molecule has 2 aromatic carbocycles. The first-order chi connectivity index (χ1) is 14.1. The summed E-state index contributed by atoms with van der Waals surface area (Å²) < 4.78 is 5.42. The first-order valence-electron chi connectivity index (χ1n) is 10.3. The van der Waals surface area contributed by atoms with Crippen LogP contribution in [-0.4, -0.2) is 33.5 Å². The third kappa shape index (κ3) is 5.76. The second-order valence-corrected chi connectivity index (χ2v) is 7.46. The Bertz CT molecular complexity index is 903. The third-order valence-electron chi connectivity index (χ3n) is 5.26. The molecule has 0 saturated heterocycles. The van der Waals surface area contributed by atoms with Crippen molar-refractivity contribution in [2.24, 2.45) is 0 Å². The third-order valence-corrected chi connectivity index (χ3v) is 5.26. The first kappa shape index (κ1) is 20.8. The standard InChI is InChI=1S/C24H29N3O2/c1-4-19(3)27(23(28)15-12-20-8-6-5-7-9-20)17-16-22-25-24(26-29-22)21-13-10-18(2)11-14-21/h5-11,13-14,19H,4,12,15-17H2,1-3H3/t19-/m0/s1. The molecule has 0 spiro atoms. The minimum Gasteiger partial charge on any atom is -0.339 e. The van der Waals surface area contributed by atoms with Crippen LogP contribution in [0.4, 0.5) is 0 Å². The molecule has 3 aromatic rings. The molecule has 0 aliphatic heterocycles. The number of rotatable bonds is 9. The number of carbonyl (C=O) groups is 1. The van der Waals surface area contributed by atoms with Gasteiger partial charge in [-0.15, -0.1) is 0 Å². The van der Waals surface area contributed by atoms with E-state index in [4.69, 9.17) is 4.52 Å². The number of amides is 1. The molecule has 5 heteroatoms. The van der Waals surface area contributed by atoms with Crippen molar-refractivity contribution in [3.63, 3.8) is 0 Å². The SMILES string of the molecule is CC[C@H](C)N(CCc1nc(-c2ccc(C)cc2)no1)C(=O)CCc1ccccc1. The van der Waals surface area contributed by atoms with Crippen molar-refractivity contribution in [2.75, 3.05) is 6.54 Å². The molecule has 5 nitrogen and oxygen atoms in total. The molecule has 0 aliphatic rings. The Hall–Kier alpha value is -2.95. The molecule has 0 unspecified atom stereocenters. The lowest BCUT2D eigenvalue weighted by Gasteiger charge is -2.28. The summed E-state index contributed by atoms with van der Waals surface area (Å²) in [6, 6.07) is 18.3. The fourth-order valence-electron chi connectivity index (χ4n) is 3.24. The average Bonchev–Trinajstić information content (AvgIpc) is 3.22. The van der Waals surface area contributed by atoms with Crippen LogP contribution in [0.5, 0.6) is 0 Å². The van der Waals surface area contributed by atoms with E-state index in [1.54, 1.807) is 0 Å². The fourth-order valence-corrected chi connectivity index (χ4v) is 3.24. The molecular formula is C24H29N3O2. The molecule has 3 rings (SSSR count). The Kier molecular flexibility index (Phi) is 7.17. The van der Waals surface area contributed by atoms with Gasteiger partial charge in [-0.3, -0.25) is 4.79 Å². The Labute approximate surface area is 172 Å². The number of nitrogens with zero attached hydrogens (tertiary/aromatic N) is 3. The highest BCUT2D eigenvalue weighted by molar-refractivity contribution is 5.76. The predicted octanol–water partition coefficient (Wildman–Crippen LogP) is 4.85. The molecule has 0 bridgehead atoms. The second-order valence-electron chi connectivity index (χ2n) is 7.46. The van der Waals surface area contributed by atoms with Gasteiger partial charge in [-0.05, 0) is 32.3 Å². The van der Waals surface area contributed by atoms with Crippen molar-refractivity contribution < 1.29 is 9.32 Å². The highest BCUT2D eigenvalue weighted by atomic mass is 16.5. The largest absolute Gasteiger partial charge is 0.339 e. The minimum atomic E-state index is 0.168. The number of aryl methyl sites for hydroxylation is 2. The van der Waals surface area contributed by atoms with Crippen LogP contribution in [-0.2, 0) is 17.6 Å². The van der Waals surface area contributed by atoms with Crippen LogP contribution >= 0.6 is 0 Å². The van der Waals surface area contributed by atoms with Crippen LogP contribution in [0.25, 0.3) is 11.4 Å². The molecule has 1 atom stereocenters. The Morgan fingerprint density at radius 3 is 2.48 bits per heavy atom. The number of benzene rings is 2. The van der Waals surface area contributed by atoms with Gasteiger partial charge in [0, 0.05) is 31.0 Å².